The molecule has 1 aromatic heterocycles. The van der Waals surface area contributed by atoms with Crippen LogP contribution >= 0.6 is 11.3 Å². The summed E-state index contributed by atoms with van der Waals surface area (Å²) < 4.78 is 0. The van der Waals surface area contributed by atoms with Crippen LogP contribution < -0.4 is 5.32 Å². The van der Waals surface area contributed by atoms with Crippen molar-refractivity contribution in [2.45, 2.75) is 52.5 Å². The molecule has 3 heteroatoms. The number of aromatic nitrogens is 1. The zero-order chi connectivity index (χ0) is 15.0. The first-order valence-electron chi connectivity index (χ1n) is 7.86. The average Bonchev–Trinajstić information content (AvgIpc) is 2.99. The molecule has 0 saturated carbocycles. The van der Waals surface area contributed by atoms with Crippen molar-refractivity contribution in [1.82, 2.24) is 10.3 Å². The molecule has 1 N–H and O–H groups in total. The highest BCUT2D eigenvalue weighted by Gasteiger charge is 2.42. The Labute approximate surface area is 131 Å². The summed E-state index contributed by atoms with van der Waals surface area (Å²) in [6.07, 6.45) is 3.41. The summed E-state index contributed by atoms with van der Waals surface area (Å²) in [6.45, 7) is 9.74. The quantitative estimate of drug-likeness (QED) is 0.912. The van der Waals surface area contributed by atoms with Crippen LogP contribution in [0.25, 0.3) is 0 Å². The van der Waals surface area contributed by atoms with E-state index in [1.165, 1.54) is 32.3 Å². The van der Waals surface area contributed by atoms with E-state index >= 15 is 0 Å². The van der Waals surface area contributed by atoms with E-state index < -0.39 is 0 Å². The lowest BCUT2D eigenvalue weighted by Gasteiger charge is -2.30. The topological polar surface area (TPSA) is 24.9 Å². The van der Waals surface area contributed by atoms with E-state index in [9.17, 15) is 0 Å². The molecule has 0 amide bonds. The molecule has 0 aliphatic heterocycles. The Bertz CT molecular complexity index is 640. The van der Waals surface area contributed by atoms with Gasteiger partial charge in [-0.2, -0.15) is 0 Å². The highest BCUT2D eigenvalue weighted by Crippen LogP contribution is 2.44. The Hall–Kier alpha value is -1.19. The molecule has 1 aliphatic rings. The van der Waals surface area contributed by atoms with E-state index in [0.717, 1.165) is 25.8 Å². The number of hydrogen-bond donors (Lipinski definition) is 1. The molecular formula is C18H24N2S. The van der Waals surface area contributed by atoms with Crippen molar-refractivity contribution in [2.24, 2.45) is 0 Å². The molecule has 0 fully saturated rings. The molecule has 112 valence electrons. The lowest BCUT2D eigenvalue weighted by molar-refractivity contribution is 0.397. The van der Waals surface area contributed by atoms with Gasteiger partial charge in [-0.05, 0) is 57.7 Å². The first-order chi connectivity index (χ1) is 10.1. The average molecular weight is 300 g/mol. The fraction of sp³-hybridized carbons (Fsp3) is 0.500. The maximum absolute atomic E-state index is 4.90. The molecule has 0 radical (unpaired) electrons. The third-order valence-electron chi connectivity index (χ3n) is 4.56. The molecule has 2 nitrogen and oxygen atoms in total. The number of rotatable bonds is 4. The number of hydrogen-bond acceptors (Lipinski definition) is 3. The predicted octanol–water partition coefficient (Wildman–Crippen LogP) is 4.26. The van der Waals surface area contributed by atoms with E-state index in [1.54, 1.807) is 0 Å². The van der Waals surface area contributed by atoms with Crippen LogP contribution in [0.4, 0.5) is 0 Å². The van der Waals surface area contributed by atoms with E-state index in [4.69, 9.17) is 4.98 Å². The van der Waals surface area contributed by atoms with Gasteiger partial charge in [-0.25, -0.2) is 4.98 Å². The van der Waals surface area contributed by atoms with Crippen LogP contribution in [-0.4, -0.2) is 11.5 Å². The standard InChI is InChI=1S/C18H24N2S/c1-5-10-19-18(17-20-13(3)14(4)21-17)9-8-15-7-6-12(2)11-16(15)18/h6-7,11,19H,5,8-10H2,1-4H3. The largest absolute Gasteiger partial charge is 0.302 e. The van der Waals surface area contributed by atoms with Crippen LogP contribution in [0.5, 0.6) is 0 Å². The SMILES string of the molecule is CCCNC1(c2nc(C)c(C)s2)CCc2ccc(C)cc21. The molecular weight excluding hydrogens is 276 g/mol. The van der Waals surface area contributed by atoms with Gasteiger partial charge in [0.2, 0.25) is 0 Å². The van der Waals surface area contributed by atoms with Gasteiger partial charge in [-0.3, -0.25) is 0 Å². The first-order valence-corrected chi connectivity index (χ1v) is 8.68. The van der Waals surface area contributed by atoms with Gasteiger partial charge in [-0.15, -0.1) is 11.3 Å². The van der Waals surface area contributed by atoms with Crippen molar-refractivity contribution in [1.29, 1.82) is 0 Å². The fourth-order valence-electron chi connectivity index (χ4n) is 3.24. The molecule has 1 heterocycles. The van der Waals surface area contributed by atoms with Crippen molar-refractivity contribution in [3.63, 3.8) is 0 Å². The molecule has 1 unspecified atom stereocenters. The zero-order valence-electron chi connectivity index (χ0n) is 13.4. The molecule has 21 heavy (non-hydrogen) atoms. The van der Waals surface area contributed by atoms with Gasteiger partial charge < -0.3 is 5.32 Å². The van der Waals surface area contributed by atoms with Crippen LogP contribution in [0.2, 0.25) is 0 Å². The van der Waals surface area contributed by atoms with Gasteiger partial charge in [-0.1, -0.05) is 30.7 Å². The van der Waals surface area contributed by atoms with Crippen molar-refractivity contribution >= 4 is 11.3 Å². The third-order valence-corrected chi connectivity index (χ3v) is 5.80. The second-order valence-corrected chi connectivity index (χ2v) is 7.36. The van der Waals surface area contributed by atoms with Gasteiger partial charge >= 0.3 is 0 Å². The highest BCUT2D eigenvalue weighted by molar-refractivity contribution is 7.11. The highest BCUT2D eigenvalue weighted by atomic mass is 32.1. The Morgan fingerprint density at radius 2 is 2.10 bits per heavy atom. The first kappa shape index (κ1) is 14.7. The number of nitrogens with one attached hydrogen (secondary N) is 1. The summed E-state index contributed by atoms with van der Waals surface area (Å²) in [5, 5.41) is 5.08. The van der Waals surface area contributed by atoms with Gasteiger partial charge in [0.05, 0.1) is 11.2 Å². The van der Waals surface area contributed by atoms with E-state index in [-0.39, 0.29) is 5.54 Å². The number of nitrogens with zero attached hydrogens (tertiary/aromatic N) is 1. The van der Waals surface area contributed by atoms with Crippen molar-refractivity contribution < 1.29 is 0 Å². The Morgan fingerprint density at radius 3 is 2.76 bits per heavy atom. The minimum absolute atomic E-state index is 0.0684. The van der Waals surface area contributed by atoms with Crippen molar-refractivity contribution in [3.05, 3.63) is 50.5 Å². The molecule has 1 aromatic carbocycles. The van der Waals surface area contributed by atoms with E-state index in [1.807, 2.05) is 11.3 Å². The summed E-state index contributed by atoms with van der Waals surface area (Å²) in [4.78, 5) is 6.24. The minimum atomic E-state index is -0.0684. The second kappa shape index (κ2) is 5.54. The molecule has 2 aromatic rings. The number of aryl methyl sites for hydroxylation is 4. The maximum Gasteiger partial charge on any atom is 0.118 e. The third kappa shape index (κ3) is 2.43. The summed E-state index contributed by atoms with van der Waals surface area (Å²) in [7, 11) is 0. The summed E-state index contributed by atoms with van der Waals surface area (Å²) >= 11 is 1.86. The van der Waals surface area contributed by atoms with Crippen LogP contribution in [-0.2, 0) is 12.0 Å². The fourth-order valence-corrected chi connectivity index (χ4v) is 4.36. The molecule has 1 atom stereocenters. The maximum atomic E-state index is 4.90. The Balaban J connectivity index is 2.14. The van der Waals surface area contributed by atoms with Gasteiger partial charge in [0.25, 0.3) is 0 Å². The normalized spacial score (nSPS) is 20.8. The molecule has 0 bridgehead atoms. The minimum Gasteiger partial charge on any atom is -0.302 e. The van der Waals surface area contributed by atoms with Gasteiger partial charge in [0.15, 0.2) is 0 Å². The zero-order valence-corrected chi connectivity index (χ0v) is 14.2. The summed E-state index contributed by atoms with van der Waals surface area (Å²) in [6, 6.07) is 6.89. The Morgan fingerprint density at radius 1 is 1.29 bits per heavy atom. The molecule has 0 saturated heterocycles. The lowest BCUT2D eigenvalue weighted by atomic mass is 9.91. The van der Waals surface area contributed by atoms with Crippen LogP contribution in [0, 0.1) is 20.8 Å². The monoisotopic (exact) mass is 300 g/mol. The van der Waals surface area contributed by atoms with E-state index in [0.29, 0.717) is 0 Å². The number of thiazole rings is 1. The van der Waals surface area contributed by atoms with Crippen molar-refractivity contribution in [2.75, 3.05) is 6.54 Å². The van der Waals surface area contributed by atoms with Crippen LogP contribution in [0.3, 0.4) is 0 Å². The summed E-state index contributed by atoms with van der Waals surface area (Å²) in [5.41, 5.74) is 5.37. The number of fused-ring (bicyclic) bond motifs is 1. The molecule has 1 aliphatic carbocycles. The van der Waals surface area contributed by atoms with Crippen LogP contribution in [0.15, 0.2) is 18.2 Å². The second-order valence-electron chi connectivity index (χ2n) is 6.15. The lowest BCUT2D eigenvalue weighted by Crippen LogP contribution is -2.42. The predicted molar refractivity (Wildman–Crippen MR) is 90.2 cm³/mol. The van der Waals surface area contributed by atoms with E-state index in [2.05, 4.69) is 51.2 Å². The molecule has 0 spiro atoms. The van der Waals surface area contributed by atoms with Crippen molar-refractivity contribution in [3.8, 4) is 0 Å². The summed E-state index contributed by atoms with van der Waals surface area (Å²) in [5.74, 6) is 0. The van der Waals surface area contributed by atoms with Crippen LogP contribution in [0.1, 0.15) is 52.0 Å². The smallest absolute Gasteiger partial charge is 0.118 e. The number of benzene rings is 1. The van der Waals surface area contributed by atoms with Gasteiger partial charge in [0.1, 0.15) is 5.01 Å². The Kier molecular flexibility index (Phi) is 3.89. The van der Waals surface area contributed by atoms with Gasteiger partial charge in [0, 0.05) is 4.88 Å². The molecule has 3 rings (SSSR count).